The van der Waals surface area contributed by atoms with Gasteiger partial charge in [0.05, 0.1) is 10.6 Å². The van der Waals surface area contributed by atoms with E-state index in [9.17, 15) is 5.11 Å². The number of aliphatic hydroxyl groups excluding tert-OH is 1. The van der Waals surface area contributed by atoms with Crippen molar-refractivity contribution in [2.45, 2.75) is 25.6 Å². The Balaban J connectivity index is 1.30. The van der Waals surface area contributed by atoms with Crippen molar-refractivity contribution in [2.75, 3.05) is 19.7 Å². The highest BCUT2D eigenvalue weighted by Crippen LogP contribution is 2.28. The van der Waals surface area contributed by atoms with E-state index in [2.05, 4.69) is 63.4 Å². The molecule has 1 aliphatic rings. The molecule has 0 amide bonds. The highest BCUT2D eigenvalue weighted by Gasteiger charge is 2.28. The van der Waals surface area contributed by atoms with Gasteiger partial charge < -0.3 is 10.4 Å². The molecule has 3 heterocycles. The minimum Gasteiger partial charge on any atom is -0.396 e. The molecule has 1 fully saturated rings. The van der Waals surface area contributed by atoms with E-state index < -0.39 is 0 Å². The summed E-state index contributed by atoms with van der Waals surface area (Å²) >= 11 is 3.43. The van der Waals surface area contributed by atoms with E-state index in [-0.39, 0.29) is 12.5 Å². The van der Waals surface area contributed by atoms with E-state index in [1.807, 2.05) is 0 Å². The summed E-state index contributed by atoms with van der Waals surface area (Å²) in [7, 11) is 0. The third kappa shape index (κ3) is 4.83. The Kier molecular flexibility index (Phi) is 6.32. The van der Waals surface area contributed by atoms with Gasteiger partial charge in [-0.3, -0.25) is 4.90 Å². The normalized spacial score (nSPS) is 20.8. The minimum absolute atomic E-state index is 0.223. The van der Waals surface area contributed by atoms with Gasteiger partial charge in [0.25, 0.3) is 0 Å². The Morgan fingerprint density at radius 3 is 2.81 bits per heavy atom. The molecule has 0 spiro atoms. The van der Waals surface area contributed by atoms with E-state index in [1.165, 1.54) is 10.4 Å². The predicted molar refractivity (Wildman–Crippen MR) is 113 cm³/mol. The summed E-state index contributed by atoms with van der Waals surface area (Å²) in [6.07, 6.45) is 1.06. The molecule has 1 aliphatic heterocycles. The first-order valence-corrected chi connectivity index (χ1v) is 11.2. The Morgan fingerprint density at radius 2 is 2.04 bits per heavy atom. The fraction of sp³-hybridized carbons (Fsp3) is 0.381. The van der Waals surface area contributed by atoms with Crippen LogP contribution in [-0.4, -0.2) is 40.7 Å². The van der Waals surface area contributed by atoms with Crippen LogP contribution in [-0.2, 0) is 13.1 Å². The zero-order valence-corrected chi connectivity index (χ0v) is 16.9. The molecule has 3 aromatic rings. The van der Waals surface area contributed by atoms with E-state index in [1.54, 1.807) is 22.7 Å². The Labute approximate surface area is 168 Å². The number of rotatable bonds is 7. The van der Waals surface area contributed by atoms with Crippen LogP contribution in [0, 0.1) is 5.92 Å². The Hall–Kier alpha value is -1.57. The second kappa shape index (κ2) is 9.08. The average Bonchev–Trinajstić information content (AvgIpc) is 3.39. The van der Waals surface area contributed by atoms with E-state index in [0.717, 1.165) is 43.3 Å². The Morgan fingerprint density at radius 1 is 1.15 bits per heavy atom. The van der Waals surface area contributed by atoms with Gasteiger partial charge in [-0.15, -0.1) is 22.7 Å². The maximum Gasteiger partial charge on any atom is 0.133 e. The fourth-order valence-electron chi connectivity index (χ4n) is 3.68. The molecular weight excluding hydrogens is 374 g/mol. The first-order chi connectivity index (χ1) is 13.3. The lowest BCUT2D eigenvalue weighted by atomic mass is 9.92. The number of aliphatic hydroxyl groups is 1. The number of benzene rings is 1. The molecule has 27 heavy (non-hydrogen) atoms. The zero-order chi connectivity index (χ0) is 18.5. The number of hydrogen-bond donors (Lipinski definition) is 2. The van der Waals surface area contributed by atoms with Gasteiger partial charge in [0.1, 0.15) is 5.01 Å². The topological polar surface area (TPSA) is 48.4 Å². The van der Waals surface area contributed by atoms with Gasteiger partial charge in [0.2, 0.25) is 0 Å². The molecule has 2 aromatic heterocycles. The largest absolute Gasteiger partial charge is 0.396 e. The number of nitrogens with zero attached hydrogens (tertiary/aromatic N) is 2. The van der Waals surface area contributed by atoms with Gasteiger partial charge in [0, 0.05) is 43.6 Å². The first-order valence-electron chi connectivity index (χ1n) is 9.40. The van der Waals surface area contributed by atoms with Crippen LogP contribution in [0.25, 0.3) is 9.88 Å². The molecule has 2 N–H and O–H groups in total. The standard InChI is InChI=1S/C21H25N3OS2/c25-14-17-13-24(12-16-5-2-1-3-6-16)9-8-19(17)22-11-18-15-27-21(23-18)20-7-4-10-26-20/h1-7,10,15,17,19,22,25H,8-9,11-14H2/t17-,19-/m0/s1. The predicted octanol–water partition coefficient (Wildman–Crippen LogP) is 3.84. The molecule has 142 valence electrons. The van der Waals surface area contributed by atoms with Crippen LogP contribution in [0.1, 0.15) is 17.7 Å². The maximum atomic E-state index is 9.89. The lowest BCUT2D eigenvalue weighted by Crippen LogP contribution is -2.50. The van der Waals surface area contributed by atoms with Crippen LogP contribution >= 0.6 is 22.7 Å². The Bertz CT molecular complexity index is 819. The molecule has 4 nitrogen and oxygen atoms in total. The molecule has 6 heteroatoms. The number of thiazole rings is 1. The summed E-state index contributed by atoms with van der Waals surface area (Å²) in [6, 6.07) is 15.1. The van der Waals surface area contributed by atoms with Crippen LogP contribution in [0.3, 0.4) is 0 Å². The summed E-state index contributed by atoms with van der Waals surface area (Å²) in [6.45, 7) is 3.93. The number of hydrogen-bond acceptors (Lipinski definition) is 6. The number of thiophene rings is 1. The van der Waals surface area contributed by atoms with Gasteiger partial charge in [-0.25, -0.2) is 4.98 Å². The number of piperidine rings is 1. The van der Waals surface area contributed by atoms with Crippen molar-refractivity contribution in [3.05, 3.63) is 64.5 Å². The van der Waals surface area contributed by atoms with Gasteiger partial charge in [-0.05, 0) is 30.0 Å². The molecule has 0 aliphatic carbocycles. The number of likely N-dealkylation sites (tertiary alicyclic amines) is 1. The lowest BCUT2D eigenvalue weighted by molar-refractivity contribution is 0.0848. The van der Waals surface area contributed by atoms with E-state index in [0.29, 0.717) is 6.04 Å². The van der Waals surface area contributed by atoms with Crippen molar-refractivity contribution >= 4 is 22.7 Å². The van der Waals surface area contributed by atoms with Crippen molar-refractivity contribution in [1.82, 2.24) is 15.2 Å². The van der Waals surface area contributed by atoms with Crippen molar-refractivity contribution in [2.24, 2.45) is 5.92 Å². The molecule has 4 rings (SSSR count). The maximum absolute atomic E-state index is 9.89. The van der Waals surface area contributed by atoms with Crippen molar-refractivity contribution in [3.8, 4) is 9.88 Å². The smallest absolute Gasteiger partial charge is 0.133 e. The van der Waals surface area contributed by atoms with Crippen LogP contribution < -0.4 is 5.32 Å². The SMILES string of the molecule is OC[C@@H]1CN(Cc2ccccc2)CC[C@@H]1NCc1csc(-c2cccs2)n1. The number of aromatic nitrogens is 1. The van der Waals surface area contributed by atoms with Gasteiger partial charge in [-0.2, -0.15) is 0 Å². The van der Waals surface area contributed by atoms with Crippen LogP contribution in [0.5, 0.6) is 0 Å². The van der Waals surface area contributed by atoms with Crippen molar-refractivity contribution < 1.29 is 5.11 Å². The third-order valence-corrected chi connectivity index (χ3v) is 7.06. The average molecular weight is 400 g/mol. The summed E-state index contributed by atoms with van der Waals surface area (Å²) in [5.41, 5.74) is 2.43. The van der Waals surface area contributed by atoms with Crippen LogP contribution in [0.4, 0.5) is 0 Å². The second-order valence-electron chi connectivity index (χ2n) is 7.06. The summed E-state index contributed by atoms with van der Waals surface area (Å²) < 4.78 is 0. The van der Waals surface area contributed by atoms with Crippen molar-refractivity contribution in [3.63, 3.8) is 0 Å². The molecule has 0 bridgehead atoms. The highest BCUT2D eigenvalue weighted by atomic mass is 32.1. The van der Waals surface area contributed by atoms with Gasteiger partial charge in [-0.1, -0.05) is 36.4 Å². The molecule has 0 radical (unpaired) electrons. The van der Waals surface area contributed by atoms with E-state index >= 15 is 0 Å². The summed E-state index contributed by atoms with van der Waals surface area (Å²) in [5, 5.41) is 18.9. The fourth-order valence-corrected chi connectivity index (χ4v) is 5.32. The summed E-state index contributed by atoms with van der Waals surface area (Å²) in [5.74, 6) is 0.262. The van der Waals surface area contributed by atoms with Gasteiger partial charge in [0.15, 0.2) is 0 Å². The summed E-state index contributed by atoms with van der Waals surface area (Å²) in [4.78, 5) is 8.43. The molecule has 0 unspecified atom stereocenters. The minimum atomic E-state index is 0.223. The highest BCUT2D eigenvalue weighted by molar-refractivity contribution is 7.20. The van der Waals surface area contributed by atoms with E-state index in [4.69, 9.17) is 4.98 Å². The monoisotopic (exact) mass is 399 g/mol. The first kappa shape index (κ1) is 18.8. The van der Waals surface area contributed by atoms with Crippen LogP contribution in [0.15, 0.2) is 53.2 Å². The van der Waals surface area contributed by atoms with Crippen molar-refractivity contribution in [1.29, 1.82) is 0 Å². The van der Waals surface area contributed by atoms with Crippen LogP contribution in [0.2, 0.25) is 0 Å². The molecule has 1 saturated heterocycles. The zero-order valence-electron chi connectivity index (χ0n) is 15.3. The number of nitrogens with one attached hydrogen (secondary N) is 1. The molecule has 2 atom stereocenters. The molecule has 1 aromatic carbocycles. The molecule has 0 saturated carbocycles. The second-order valence-corrected chi connectivity index (χ2v) is 8.87. The quantitative estimate of drug-likeness (QED) is 0.634. The van der Waals surface area contributed by atoms with Gasteiger partial charge >= 0.3 is 0 Å². The third-order valence-electron chi connectivity index (χ3n) is 5.13. The molecular formula is C21H25N3OS2. The lowest BCUT2D eigenvalue weighted by Gasteiger charge is -2.38.